The molecule has 19 heavy (non-hydrogen) atoms. The zero-order valence-electron chi connectivity index (χ0n) is 11.8. The summed E-state index contributed by atoms with van der Waals surface area (Å²) >= 11 is 0. The Labute approximate surface area is 116 Å². The van der Waals surface area contributed by atoms with Crippen LogP contribution in [0.25, 0.3) is 0 Å². The third-order valence-electron chi connectivity index (χ3n) is 3.97. The van der Waals surface area contributed by atoms with Gasteiger partial charge in [-0.3, -0.25) is 4.90 Å². The van der Waals surface area contributed by atoms with Crippen LogP contribution in [0.4, 0.5) is 0 Å². The van der Waals surface area contributed by atoms with Crippen LogP contribution in [-0.2, 0) is 10.2 Å². The fourth-order valence-corrected chi connectivity index (χ4v) is 4.24. The van der Waals surface area contributed by atoms with Gasteiger partial charge in [-0.2, -0.15) is 12.7 Å². The maximum Gasteiger partial charge on any atom is 0.279 e. The second-order valence-electron chi connectivity index (χ2n) is 5.45. The van der Waals surface area contributed by atoms with Crippen molar-refractivity contribution in [3.05, 3.63) is 0 Å². The fourth-order valence-electron chi connectivity index (χ4n) is 2.78. The molecule has 0 saturated carbocycles. The van der Waals surface area contributed by atoms with Crippen LogP contribution in [0.2, 0.25) is 0 Å². The number of hydrogen-bond donors (Lipinski definition) is 2. The minimum absolute atomic E-state index is 0.130. The third kappa shape index (κ3) is 4.39. The standard InChI is InChI=1S/C12H26N4O2S/c1-12-4-2-3-8-16(12)19(17,18)14-7-11-15-9-5-13-6-10-15/h12-14H,2-11H2,1H3. The number of hydrogen-bond acceptors (Lipinski definition) is 4. The molecule has 0 amide bonds. The van der Waals surface area contributed by atoms with E-state index in [1.54, 1.807) is 4.31 Å². The number of piperidine rings is 1. The highest BCUT2D eigenvalue weighted by Crippen LogP contribution is 2.18. The lowest BCUT2D eigenvalue weighted by molar-refractivity contribution is 0.241. The molecule has 2 rings (SSSR count). The molecule has 112 valence electrons. The predicted molar refractivity (Wildman–Crippen MR) is 76.3 cm³/mol. The topological polar surface area (TPSA) is 64.7 Å². The van der Waals surface area contributed by atoms with Crippen molar-refractivity contribution >= 4 is 10.2 Å². The molecule has 1 atom stereocenters. The molecule has 0 aromatic heterocycles. The highest BCUT2D eigenvalue weighted by Gasteiger charge is 2.29. The Morgan fingerprint density at radius 2 is 1.95 bits per heavy atom. The van der Waals surface area contributed by atoms with E-state index >= 15 is 0 Å². The summed E-state index contributed by atoms with van der Waals surface area (Å²) in [6, 6.07) is 0.130. The normalized spacial score (nSPS) is 27.5. The summed E-state index contributed by atoms with van der Waals surface area (Å²) in [6.07, 6.45) is 3.08. The molecule has 2 saturated heterocycles. The van der Waals surface area contributed by atoms with Gasteiger partial charge >= 0.3 is 0 Å². The largest absolute Gasteiger partial charge is 0.314 e. The second kappa shape index (κ2) is 6.99. The van der Waals surface area contributed by atoms with Crippen LogP contribution >= 0.6 is 0 Å². The van der Waals surface area contributed by atoms with Gasteiger partial charge in [0.2, 0.25) is 0 Å². The molecule has 0 aliphatic carbocycles. The number of nitrogens with zero attached hydrogens (tertiary/aromatic N) is 2. The van der Waals surface area contributed by atoms with Crippen LogP contribution in [0.5, 0.6) is 0 Å². The zero-order chi connectivity index (χ0) is 13.7. The van der Waals surface area contributed by atoms with Crippen LogP contribution < -0.4 is 10.0 Å². The average Bonchev–Trinajstić information content (AvgIpc) is 2.40. The molecule has 0 radical (unpaired) electrons. The summed E-state index contributed by atoms with van der Waals surface area (Å²) in [5.74, 6) is 0. The first-order chi connectivity index (χ1) is 9.09. The highest BCUT2D eigenvalue weighted by atomic mass is 32.2. The Morgan fingerprint density at radius 3 is 2.63 bits per heavy atom. The van der Waals surface area contributed by atoms with Gasteiger partial charge in [0.05, 0.1) is 0 Å². The van der Waals surface area contributed by atoms with Gasteiger partial charge in [0.1, 0.15) is 0 Å². The number of rotatable bonds is 5. The predicted octanol–water partition coefficient (Wildman–Crippen LogP) is -0.400. The maximum absolute atomic E-state index is 12.2. The van der Waals surface area contributed by atoms with E-state index in [0.717, 1.165) is 52.0 Å². The van der Waals surface area contributed by atoms with E-state index in [1.807, 2.05) is 6.92 Å². The van der Waals surface area contributed by atoms with Crippen molar-refractivity contribution in [2.45, 2.75) is 32.2 Å². The van der Waals surface area contributed by atoms with Gasteiger partial charge in [0.15, 0.2) is 0 Å². The van der Waals surface area contributed by atoms with E-state index in [4.69, 9.17) is 0 Å². The summed E-state index contributed by atoms with van der Waals surface area (Å²) in [4.78, 5) is 2.29. The highest BCUT2D eigenvalue weighted by molar-refractivity contribution is 7.87. The van der Waals surface area contributed by atoms with Gasteiger partial charge in [0.25, 0.3) is 10.2 Å². The third-order valence-corrected chi connectivity index (χ3v) is 5.70. The van der Waals surface area contributed by atoms with Crippen LogP contribution in [0.15, 0.2) is 0 Å². The minimum Gasteiger partial charge on any atom is -0.314 e. The molecule has 2 N–H and O–H groups in total. The lowest BCUT2D eigenvalue weighted by Crippen LogP contribution is -2.50. The summed E-state index contributed by atoms with van der Waals surface area (Å²) in [7, 11) is -3.29. The van der Waals surface area contributed by atoms with Crippen LogP contribution in [0, 0.1) is 0 Å². The second-order valence-corrected chi connectivity index (χ2v) is 7.15. The Balaban J connectivity index is 1.76. The molecule has 6 nitrogen and oxygen atoms in total. The lowest BCUT2D eigenvalue weighted by Gasteiger charge is -2.33. The van der Waals surface area contributed by atoms with Crippen molar-refractivity contribution in [3.63, 3.8) is 0 Å². The van der Waals surface area contributed by atoms with E-state index in [0.29, 0.717) is 13.1 Å². The van der Waals surface area contributed by atoms with Crippen molar-refractivity contribution in [1.29, 1.82) is 0 Å². The molecule has 0 aromatic rings. The van der Waals surface area contributed by atoms with Crippen molar-refractivity contribution in [2.75, 3.05) is 45.8 Å². The van der Waals surface area contributed by atoms with Gasteiger partial charge < -0.3 is 5.32 Å². The van der Waals surface area contributed by atoms with Crippen LogP contribution in [-0.4, -0.2) is 69.5 Å². The van der Waals surface area contributed by atoms with Gasteiger partial charge in [-0.1, -0.05) is 6.42 Å². The maximum atomic E-state index is 12.2. The molecule has 7 heteroatoms. The summed E-state index contributed by atoms with van der Waals surface area (Å²) in [5, 5.41) is 3.29. The molecular weight excluding hydrogens is 264 g/mol. The van der Waals surface area contributed by atoms with E-state index in [2.05, 4.69) is 14.9 Å². The zero-order valence-corrected chi connectivity index (χ0v) is 12.6. The smallest absolute Gasteiger partial charge is 0.279 e. The minimum atomic E-state index is -3.29. The average molecular weight is 290 g/mol. The number of nitrogens with one attached hydrogen (secondary N) is 2. The van der Waals surface area contributed by atoms with E-state index in [-0.39, 0.29) is 6.04 Å². The SMILES string of the molecule is CC1CCCCN1S(=O)(=O)NCCN1CCNCC1. The fraction of sp³-hybridized carbons (Fsp3) is 1.00. The summed E-state index contributed by atoms with van der Waals surface area (Å²) < 4.78 is 28.8. The van der Waals surface area contributed by atoms with Crippen molar-refractivity contribution in [1.82, 2.24) is 19.2 Å². The molecule has 2 fully saturated rings. The molecule has 2 heterocycles. The molecule has 2 aliphatic rings. The van der Waals surface area contributed by atoms with E-state index in [9.17, 15) is 8.42 Å². The first-order valence-electron chi connectivity index (χ1n) is 7.29. The molecule has 1 unspecified atom stereocenters. The molecule has 0 bridgehead atoms. The van der Waals surface area contributed by atoms with Gasteiger partial charge in [-0.25, -0.2) is 4.72 Å². The Morgan fingerprint density at radius 1 is 1.21 bits per heavy atom. The lowest BCUT2D eigenvalue weighted by atomic mass is 10.1. The van der Waals surface area contributed by atoms with Crippen LogP contribution in [0.1, 0.15) is 26.2 Å². The molecular formula is C12H26N4O2S. The van der Waals surface area contributed by atoms with Crippen molar-refractivity contribution in [2.24, 2.45) is 0 Å². The summed E-state index contributed by atoms with van der Waals surface area (Å²) in [5.41, 5.74) is 0. The first kappa shape index (κ1) is 15.2. The molecule has 2 aliphatic heterocycles. The van der Waals surface area contributed by atoms with Gasteiger partial charge in [-0.15, -0.1) is 0 Å². The summed E-state index contributed by atoms with van der Waals surface area (Å²) in [6.45, 7) is 7.95. The van der Waals surface area contributed by atoms with E-state index in [1.165, 1.54) is 0 Å². The Bertz CT molecular complexity index is 368. The number of piperazine rings is 1. The Kier molecular flexibility index (Phi) is 5.58. The quantitative estimate of drug-likeness (QED) is 0.723. The van der Waals surface area contributed by atoms with Crippen LogP contribution in [0.3, 0.4) is 0 Å². The van der Waals surface area contributed by atoms with E-state index < -0.39 is 10.2 Å². The van der Waals surface area contributed by atoms with Gasteiger partial charge in [0, 0.05) is 51.9 Å². The molecule has 0 aromatic carbocycles. The molecule has 0 spiro atoms. The van der Waals surface area contributed by atoms with Crippen molar-refractivity contribution in [3.8, 4) is 0 Å². The van der Waals surface area contributed by atoms with Gasteiger partial charge in [-0.05, 0) is 19.8 Å². The first-order valence-corrected chi connectivity index (χ1v) is 8.73. The monoisotopic (exact) mass is 290 g/mol. The Hall–Kier alpha value is -0.210. The van der Waals surface area contributed by atoms with Crippen molar-refractivity contribution < 1.29 is 8.42 Å².